The first-order chi connectivity index (χ1) is 12.6. The molecule has 1 heterocycles. The number of hydrogen-bond acceptors (Lipinski definition) is 3. The van der Waals surface area contributed by atoms with Crippen LogP contribution in [0.5, 0.6) is 0 Å². The second-order valence-corrected chi connectivity index (χ2v) is 6.97. The third kappa shape index (κ3) is 8.18. The number of piperidine rings is 1. The first-order valence-electron chi connectivity index (χ1n) is 9.68. The highest BCUT2D eigenvalue weighted by molar-refractivity contribution is 5.89. The van der Waals surface area contributed by atoms with Crippen molar-refractivity contribution in [1.82, 2.24) is 15.5 Å². The molecule has 1 saturated heterocycles. The highest BCUT2D eigenvalue weighted by atomic mass is 35.5. The fourth-order valence-corrected chi connectivity index (χ4v) is 3.23. The van der Waals surface area contributed by atoms with Crippen molar-refractivity contribution in [3.63, 3.8) is 0 Å². The molecule has 0 saturated carbocycles. The van der Waals surface area contributed by atoms with Crippen molar-refractivity contribution < 1.29 is 9.59 Å². The van der Waals surface area contributed by atoms with Gasteiger partial charge in [0.2, 0.25) is 5.91 Å². The van der Waals surface area contributed by atoms with E-state index in [1.54, 1.807) is 0 Å². The number of halogens is 1. The van der Waals surface area contributed by atoms with Crippen molar-refractivity contribution in [1.29, 1.82) is 0 Å². The van der Waals surface area contributed by atoms with Crippen LogP contribution in [-0.4, -0.2) is 50.1 Å². The summed E-state index contributed by atoms with van der Waals surface area (Å²) in [6.07, 6.45) is 4.72. The van der Waals surface area contributed by atoms with E-state index in [1.807, 2.05) is 43.1 Å². The molecular formula is C20H33ClN4O2. The van der Waals surface area contributed by atoms with Crippen LogP contribution in [0.2, 0.25) is 0 Å². The molecule has 1 fully saturated rings. The molecule has 3 amide bonds. The zero-order valence-electron chi connectivity index (χ0n) is 16.4. The predicted molar refractivity (Wildman–Crippen MR) is 113 cm³/mol. The molecule has 0 unspecified atom stereocenters. The summed E-state index contributed by atoms with van der Waals surface area (Å²) in [7, 11) is 1.98. The van der Waals surface area contributed by atoms with Crippen LogP contribution in [0.15, 0.2) is 24.3 Å². The van der Waals surface area contributed by atoms with Crippen LogP contribution in [0, 0.1) is 5.92 Å². The molecule has 0 atom stereocenters. The van der Waals surface area contributed by atoms with Gasteiger partial charge in [0.1, 0.15) is 0 Å². The molecule has 0 spiro atoms. The van der Waals surface area contributed by atoms with E-state index < -0.39 is 0 Å². The second kappa shape index (κ2) is 12.6. The Labute approximate surface area is 168 Å². The van der Waals surface area contributed by atoms with Gasteiger partial charge in [-0.25, -0.2) is 4.79 Å². The second-order valence-electron chi connectivity index (χ2n) is 6.97. The quantitative estimate of drug-likeness (QED) is 0.632. The number of urea groups is 1. The average molecular weight is 397 g/mol. The van der Waals surface area contributed by atoms with Gasteiger partial charge in [0.25, 0.3) is 0 Å². The van der Waals surface area contributed by atoms with Crippen molar-refractivity contribution in [2.24, 2.45) is 5.92 Å². The van der Waals surface area contributed by atoms with E-state index in [4.69, 9.17) is 0 Å². The lowest BCUT2D eigenvalue weighted by Gasteiger charge is -2.32. The van der Waals surface area contributed by atoms with Gasteiger partial charge in [-0.2, -0.15) is 0 Å². The van der Waals surface area contributed by atoms with E-state index in [2.05, 4.69) is 16.0 Å². The van der Waals surface area contributed by atoms with Crippen LogP contribution in [0.25, 0.3) is 0 Å². The largest absolute Gasteiger partial charge is 0.342 e. The number of nitrogens with zero attached hydrogens (tertiary/aromatic N) is 1. The zero-order valence-corrected chi connectivity index (χ0v) is 17.2. The summed E-state index contributed by atoms with van der Waals surface area (Å²) >= 11 is 0. The van der Waals surface area contributed by atoms with E-state index in [0.717, 1.165) is 56.1 Å². The summed E-state index contributed by atoms with van der Waals surface area (Å²) in [4.78, 5) is 26.1. The molecule has 1 aromatic rings. The maximum Gasteiger partial charge on any atom is 0.319 e. The fraction of sp³-hybridized carbons (Fsp3) is 0.600. The highest BCUT2D eigenvalue weighted by Crippen LogP contribution is 2.21. The SMILES string of the molecule is CCCNC(=O)Nc1ccc(CC(=O)N2CCC(CCNC)CC2)cc1.Cl. The minimum Gasteiger partial charge on any atom is -0.342 e. The Balaban J connectivity index is 0.00000364. The van der Waals surface area contributed by atoms with Gasteiger partial charge in [-0.3, -0.25) is 4.79 Å². The molecular weight excluding hydrogens is 364 g/mol. The number of hydrogen-bond donors (Lipinski definition) is 3. The first-order valence-corrected chi connectivity index (χ1v) is 9.68. The minimum absolute atomic E-state index is 0. The smallest absolute Gasteiger partial charge is 0.319 e. The summed E-state index contributed by atoms with van der Waals surface area (Å²) in [5.74, 6) is 0.925. The summed E-state index contributed by atoms with van der Waals surface area (Å²) in [5, 5.41) is 8.76. The third-order valence-electron chi connectivity index (χ3n) is 4.87. The lowest BCUT2D eigenvalue weighted by molar-refractivity contribution is -0.131. The standard InChI is InChI=1S/C20H32N4O2.ClH/c1-3-11-22-20(26)23-18-6-4-17(5-7-18)15-19(25)24-13-9-16(10-14-24)8-12-21-2;/h4-7,16,21H,3,8-15H2,1-2H3,(H2,22,23,26);1H. The molecule has 152 valence electrons. The molecule has 7 heteroatoms. The molecule has 0 aromatic heterocycles. The van der Waals surface area contributed by atoms with Crippen LogP contribution >= 0.6 is 12.4 Å². The average Bonchev–Trinajstić information content (AvgIpc) is 2.66. The van der Waals surface area contributed by atoms with Crippen molar-refractivity contribution in [2.45, 2.75) is 39.0 Å². The lowest BCUT2D eigenvalue weighted by atomic mass is 9.93. The Morgan fingerprint density at radius 1 is 1.11 bits per heavy atom. The Hall–Kier alpha value is -1.79. The molecule has 27 heavy (non-hydrogen) atoms. The van der Waals surface area contributed by atoms with Gasteiger partial charge in [0.15, 0.2) is 0 Å². The van der Waals surface area contributed by atoms with Crippen LogP contribution in [0.4, 0.5) is 10.5 Å². The number of nitrogens with one attached hydrogen (secondary N) is 3. The number of carbonyl (C=O) groups excluding carboxylic acids is 2. The molecule has 2 rings (SSSR count). The first kappa shape index (κ1) is 23.2. The van der Waals surface area contributed by atoms with E-state index in [9.17, 15) is 9.59 Å². The molecule has 0 radical (unpaired) electrons. The van der Waals surface area contributed by atoms with Gasteiger partial charge < -0.3 is 20.9 Å². The third-order valence-corrected chi connectivity index (χ3v) is 4.87. The highest BCUT2D eigenvalue weighted by Gasteiger charge is 2.22. The Morgan fingerprint density at radius 3 is 2.37 bits per heavy atom. The van der Waals surface area contributed by atoms with Crippen molar-refractivity contribution >= 4 is 30.0 Å². The molecule has 1 aliphatic heterocycles. The zero-order chi connectivity index (χ0) is 18.8. The van der Waals surface area contributed by atoms with Crippen LogP contribution in [0.3, 0.4) is 0 Å². The van der Waals surface area contributed by atoms with Gasteiger partial charge >= 0.3 is 6.03 Å². The number of carbonyl (C=O) groups is 2. The van der Waals surface area contributed by atoms with Gasteiger partial charge in [-0.05, 0) is 62.9 Å². The molecule has 1 aliphatic rings. The van der Waals surface area contributed by atoms with E-state index in [1.165, 1.54) is 6.42 Å². The van der Waals surface area contributed by atoms with Gasteiger partial charge in [-0.1, -0.05) is 19.1 Å². The number of rotatable bonds is 8. The topological polar surface area (TPSA) is 73.5 Å². The predicted octanol–water partition coefficient (Wildman–Crippen LogP) is 3.03. The number of amides is 3. The Kier molecular flexibility index (Phi) is 10.8. The molecule has 6 nitrogen and oxygen atoms in total. The maximum atomic E-state index is 12.5. The monoisotopic (exact) mass is 396 g/mol. The summed E-state index contributed by atoms with van der Waals surface area (Å²) in [6.45, 7) is 5.45. The van der Waals surface area contributed by atoms with Crippen molar-refractivity contribution in [3.05, 3.63) is 29.8 Å². The molecule has 0 aliphatic carbocycles. The van der Waals surface area contributed by atoms with E-state index in [0.29, 0.717) is 13.0 Å². The molecule has 0 bridgehead atoms. The van der Waals surface area contributed by atoms with Crippen molar-refractivity contribution in [3.8, 4) is 0 Å². The van der Waals surface area contributed by atoms with Crippen molar-refractivity contribution in [2.75, 3.05) is 38.5 Å². The number of likely N-dealkylation sites (tertiary alicyclic amines) is 1. The van der Waals surface area contributed by atoms with Crippen LogP contribution in [0.1, 0.15) is 38.2 Å². The number of benzene rings is 1. The molecule has 1 aromatic carbocycles. The van der Waals surface area contributed by atoms with Crippen LogP contribution < -0.4 is 16.0 Å². The summed E-state index contributed by atoms with van der Waals surface area (Å²) in [5.41, 5.74) is 1.71. The Bertz CT molecular complexity index is 572. The Morgan fingerprint density at radius 2 is 1.78 bits per heavy atom. The van der Waals surface area contributed by atoms with Crippen LogP contribution in [-0.2, 0) is 11.2 Å². The lowest BCUT2D eigenvalue weighted by Crippen LogP contribution is -2.39. The summed E-state index contributed by atoms with van der Waals surface area (Å²) < 4.78 is 0. The normalized spacial score (nSPS) is 14.4. The molecule has 3 N–H and O–H groups in total. The van der Waals surface area contributed by atoms with E-state index in [-0.39, 0.29) is 24.3 Å². The van der Waals surface area contributed by atoms with Gasteiger partial charge in [0, 0.05) is 25.3 Å². The number of anilines is 1. The van der Waals surface area contributed by atoms with Gasteiger partial charge in [-0.15, -0.1) is 12.4 Å². The van der Waals surface area contributed by atoms with Gasteiger partial charge in [0.05, 0.1) is 6.42 Å². The maximum absolute atomic E-state index is 12.5. The summed E-state index contributed by atoms with van der Waals surface area (Å²) in [6, 6.07) is 7.31. The fourth-order valence-electron chi connectivity index (χ4n) is 3.23. The minimum atomic E-state index is -0.197. The van der Waals surface area contributed by atoms with E-state index >= 15 is 0 Å².